The maximum atomic E-state index is 5.99. The van der Waals surface area contributed by atoms with Crippen LogP contribution in [0.4, 0.5) is 5.69 Å². The number of hydrogen-bond acceptors (Lipinski definition) is 4. The highest BCUT2D eigenvalue weighted by atomic mass is 16.5. The van der Waals surface area contributed by atoms with Crippen LogP contribution in [0.3, 0.4) is 0 Å². The van der Waals surface area contributed by atoms with Gasteiger partial charge in [-0.15, -0.1) is 0 Å². The minimum Gasteiger partial charge on any atom is -0.369 e. The van der Waals surface area contributed by atoms with Gasteiger partial charge in [-0.1, -0.05) is 6.92 Å². The second kappa shape index (κ2) is 6.55. The molecule has 0 radical (unpaired) electrons. The summed E-state index contributed by atoms with van der Waals surface area (Å²) in [6.45, 7) is 12.4. The Bertz CT molecular complexity index is 433. The number of rotatable bonds is 5. The average Bonchev–Trinajstić information content (AvgIpc) is 2.37. The molecule has 4 heteroatoms. The Morgan fingerprint density at radius 1 is 1.50 bits per heavy atom. The van der Waals surface area contributed by atoms with Crippen LogP contribution in [-0.2, 0) is 11.3 Å². The minimum atomic E-state index is -0.102. The fraction of sp³-hybridized carbons (Fsp3) is 0.688. The van der Waals surface area contributed by atoms with Crippen molar-refractivity contribution in [1.82, 2.24) is 10.3 Å². The van der Waals surface area contributed by atoms with Crippen molar-refractivity contribution in [3.05, 3.63) is 24.0 Å². The first-order valence-corrected chi connectivity index (χ1v) is 7.58. The third kappa shape index (κ3) is 3.93. The summed E-state index contributed by atoms with van der Waals surface area (Å²) >= 11 is 0. The Kier molecular flexibility index (Phi) is 5.00. The van der Waals surface area contributed by atoms with Crippen molar-refractivity contribution in [2.45, 2.75) is 52.4 Å². The molecule has 0 amide bonds. The van der Waals surface area contributed by atoms with Crippen molar-refractivity contribution in [2.24, 2.45) is 0 Å². The molecule has 1 aromatic heterocycles. The first-order chi connectivity index (χ1) is 9.52. The van der Waals surface area contributed by atoms with E-state index in [1.807, 2.05) is 12.4 Å². The van der Waals surface area contributed by atoms with Gasteiger partial charge in [0.2, 0.25) is 0 Å². The van der Waals surface area contributed by atoms with Gasteiger partial charge in [0.05, 0.1) is 11.7 Å². The second-order valence-corrected chi connectivity index (χ2v) is 6.25. The fourth-order valence-electron chi connectivity index (χ4n) is 2.90. The minimum absolute atomic E-state index is 0.102. The zero-order chi connectivity index (χ0) is 14.6. The van der Waals surface area contributed by atoms with Crippen molar-refractivity contribution in [2.75, 3.05) is 24.5 Å². The van der Waals surface area contributed by atoms with Crippen molar-refractivity contribution < 1.29 is 4.74 Å². The molecule has 1 aliphatic heterocycles. The Morgan fingerprint density at radius 3 is 3.00 bits per heavy atom. The number of hydrogen-bond donors (Lipinski definition) is 1. The number of morpholine rings is 1. The van der Waals surface area contributed by atoms with E-state index >= 15 is 0 Å². The van der Waals surface area contributed by atoms with Crippen LogP contribution in [0.15, 0.2) is 18.5 Å². The summed E-state index contributed by atoms with van der Waals surface area (Å²) in [6.07, 6.45) is 5.26. The zero-order valence-electron chi connectivity index (χ0n) is 13.1. The summed E-state index contributed by atoms with van der Waals surface area (Å²) in [6, 6.07) is 2.12. The van der Waals surface area contributed by atoms with E-state index in [1.165, 1.54) is 11.3 Å². The van der Waals surface area contributed by atoms with Gasteiger partial charge in [-0.05, 0) is 39.8 Å². The molecule has 1 aromatic rings. The number of nitrogens with one attached hydrogen (secondary N) is 1. The molecular weight excluding hydrogens is 250 g/mol. The first-order valence-electron chi connectivity index (χ1n) is 7.58. The number of nitrogens with zero attached hydrogens (tertiary/aromatic N) is 2. The summed E-state index contributed by atoms with van der Waals surface area (Å²) in [7, 11) is 0. The van der Waals surface area contributed by atoms with Gasteiger partial charge >= 0.3 is 0 Å². The number of ether oxygens (including phenoxy) is 1. The van der Waals surface area contributed by atoms with E-state index in [0.717, 1.165) is 32.6 Å². The Labute approximate surface area is 122 Å². The molecule has 0 spiro atoms. The lowest BCUT2D eigenvalue weighted by molar-refractivity contribution is -0.0750. The molecule has 0 bridgehead atoms. The highest BCUT2D eigenvalue weighted by Gasteiger charge is 2.32. The highest BCUT2D eigenvalue weighted by Crippen LogP contribution is 2.28. The lowest BCUT2D eigenvalue weighted by atomic mass is 10.0. The highest BCUT2D eigenvalue weighted by molar-refractivity contribution is 5.53. The Balaban J connectivity index is 2.14. The molecule has 1 unspecified atom stereocenters. The van der Waals surface area contributed by atoms with Gasteiger partial charge in [0, 0.05) is 43.3 Å². The van der Waals surface area contributed by atoms with Crippen LogP contribution >= 0.6 is 0 Å². The van der Waals surface area contributed by atoms with Crippen LogP contribution in [-0.4, -0.2) is 36.3 Å². The molecule has 2 rings (SSSR count). The summed E-state index contributed by atoms with van der Waals surface area (Å²) in [5, 5.41) is 3.46. The van der Waals surface area contributed by atoms with Gasteiger partial charge in [0.15, 0.2) is 0 Å². The van der Waals surface area contributed by atoms with Gasteiger partial charge in [0.1, 0.15) is 0 Å². The lowest BCUT2D eigenvalue weighted by Gasteiger charge is -2.43. The fourth-order valence-corrected chi connectivity index (χ4v) is 2.90. The smallest absolute Gasteiger partial charge is 0.0805 e. The molecule has 1 saturated heterocycles. The monoisotopic (exact) mass is 277 g/mol. The number of aromatic nitrogens is 1. The normalized spacial score (nSPS) is 22.0. The van der Waals surface area contributed by atoms with Crippen molar-refractivity contribution in [3.8, 4) is 0 Å². The van der Waals surface area contributed by atoms with Crippen LogP contribution < -0.4 is 10.2 Å². The maximum absolute atomic E-state index is 5.99. The van der Waals surface area contributed by atoms with Gasteiger partial charge in [0.25, 0.3) is 0 Å². The van der Waals surface area contributed by atoms with E-state index in [0.29, 0.717) is 0 Å². The van der Waals surface area contributed by atoms with E-state index in [1.54, 1.807) is 0 Å². The van der Waals surface area contributed by atoms with Gasteiger partial charge in [-0.25, -0.2) is 0 Å². The molecule has 4 nitrogen and oxygen atoms in total. The van der Waals surface area contributed by atoms with Gasteiger partial charge in [-0.2, -0.15) is 0 Å². The van der Waals surface area contributed by atoms with Gasteiger partial charge in [-0.3, -0.25) is 4.98 Å². The molecule has 20 heavy (non-hydrogen) atoms. The topological polar surface area (TPSA) is 37.4 Å². The molecule has 0 aromatic carbocycles. The molecule has 1 N–H and O–H groups in total. The molecule has 112 valence electrons. The average molecular weight is 277 g/mol. The largest absolute Gasteiger partial charge is 0.369 e. The van der Waals surface area contributed by atoms with E-state index in [4.69, 9.17) is 4.74 Å². The van der Waals surface area contributed by atoms with E-state index in [-0.39, 0.29) is 11.7 Å². The van der Waals surface area contributed by atoms with Crippen LogP contribution in [0.2, 0.25) is 0 Å². The maximum Gasteiger partial charge on any atom is 0.0805 e. The lowest BCUT2D eigenvalue weighted by Crippen LogP contribution is -2.52. The zero-order valence-corrected chi connectivity index (χ0v) is 13.1. The third-order valence-corrected chi connectivity index (χ3v) is 3.53. The summed E-state index contributed by atoms with van der Waals surface area (Å²) in [4.78, 5) is 6.71. The molecule has 2 heterocycles. The predicted molar refractivity (Wildman–Crippen MR) is 83.1 cm³/mol. The van der Waals surface area contributed by atoms with Gasteiger partial charge < -0.3 is 15.0 Å². The summed E-state index contributed by atoms with van der Waals surface area (Å²) in [5.74, 6) is 0. The van der Waals surface area contributed by atoms with Crippen LogP contribution in [0.25, 0.3) is 0 Å². The number of anilines is 1. The Morgan fingerprint density at radius 2 is 2.30 bits per heavy atom. The SMILES string of the molecule is CCCNCc1cnccc1N1CC(C)OC(C)(C)C1. The Hall–Kier alpha value is -1.13. The van der Waals surface area contributed by atoms with E-state index in [9.17, 15) is 0 Å². The van der Waals surface area contributed by atoms with E-state index < -0.39 is 0 Å². The first kappa shape index (κ1) is 15.3. The predicted octanol–water partition coefficient (Wildman–Crippen LogP) is 2.58. The molecule has 0 aliphatic carbocycles. The van der Waals surface area contributed by atoms with E-state index in [2.05, 4.69) is 49.0 Å². The standard InChI is InChI=1S/C16H27N3O/c1-5-7-17-9-14-10-18-8-6-15(14)19-11-13(2)20-16(3,4)12-19/h6,8,10,13,17H,5,7,9,11-12H2,1-4H3. The van der Waals surface area contributed by atoms with Crippen LogP contribution in [0.1, 0.15) is 39.7 Å². The van der Waals surface area contributed by atoms with Crippen molar-refractivity contribution >= 4 is 5.69 Å². The molecule has 0 saturated carbocycles. The summed E-state index contributed by atoms with van der Waals surface area (Å²) < 4.78 is 5.99. The third-order valence-electron chi connectivity index (χ3n) is 3.53. The second-order valence-electron chi connectivity index (χ2n) is 6.25. The van der Waals surface area contributed by atoms with Crippen LogP contribution in [0.5, 0.6) is 0 Å². The molecule has 1 aliphatic rings. The van der Waals surface area contributed by atoms with Crippen LogP contribution in [0, 0.1) is 0 Å². The quantitative estimate of drug-likeness (QED) is 0.840. The number of pyridine rings is 1. The van der Waals surface area contributed by atoms with Crippen molar-refractivity contribution in [1.29, 1.82) is 0 Å². The molecule has 1 atom stereocenters. The summed E-state index contributed by atoms with van der Waals surface area (Å²) in [5.41, 5.74) is 2.45. The molecule has 1 fully saturated rings. The van der Waals surface area contributed by atoms with Crippen molar-refractivity contribution in [3.63, 3.8) is 0 Å². The molecular formula is C16H27N3O.